The highest BCUT2D eigenvalue weighted by molar-refractivity contribution is 5.95. The van der Waals surface area contributed by atoms with Crippen molar-refractivity contribution in [2.24, 2.45) is 16.7 Å². The molecular weight excluding hydrogens is 332 g/mol. The molecule has 3 nitrogen and oxygen atoms in total. The maximum absolute atomic E-state index is 13.4. The average Bonchev–Trinajstić information content (AvgIpc) is 3.14. The van der Waals surface area contributed by atoms with Gasteiger partial charge in [0.15, 0.2) is 0 Å². The number of hydrogen-bond donors (Lipinski definition) is 1. The second-order valence-electron chi connectivity index (χ2n) is 10.1. The van der Waals surface area contributed by atoms with E-state index in [4.69, 9.17) is 0 Å². The largest absolute Gasteiger partial charge is 0.308 e. The summed E-state index contributed by atoms with van der Waals surface area (Å²) in [5.41, 5.74) is 1.71. The second kappa shape index (κ2) is 7.24. The first-order valence-electron chi connectivity index (χ1n) is 11.0. The van der Waals surface area contributed by atoms with Crippen LogP contribution < -0.4 is 10.2 Å². The number of carbonyl (C=O) groups is 1. The van der Waals surface area contributed by atoms with Crippen LogP contribution in [0.1, 0.15) is 72.1 Å². The first-order valence-corrected chi connectivity index (χ1v) is 11.0. The normalized spacial score (nSPS) is 32.6. The van der Waals surface area contributed by atoms with Gasteiger partial charge in [0.05, 0.1) is 6.54 Å². The molecule has 0 unspecified atom stereocenters. The quantitative estimate of drug-likeness (QED) is 0.779. The van der Waals surface area contributed by atoms with Crippen molar-refractivity contribution in [2.45, 2.75) is 84.2 Å². The van der Waals surface area contributed by atoms with Crippen molar-refractivity contribution in [3.05, 3.63) is 30.3 Å². The summed E-state index contributed by atoms with van der Waals surface area (Å²) in [4.78, 5) is 15.5. The maximum Gasteiger partial charge on any atom is 0.241 e. The van der Waals surface area contributed by atoms with E-state index in [1.54, 1.807) is 0 Å². The minimum Gasteiger partial charge on any atom is -0.308 e. The molecule has 0 radical (unpaired) electrons. The maximum atomic E-state index is 13.4. The third-order valence-corrected chi connectivity index (χ3v) is 7.97. The van der Waals surface area contributed by atoms with E-state index in [2.05, 4.69) is 43.1 Å². The Morgan fingerprint density at radius 1 is 1.07 bits per heavy atom. The van der Waals surface area contributed by atoms with Gasteiger partial charge < -0.3 is 10.2 Å². The van der Waals surface area contributed by atoms with Gasteiger partial charge in [-0.05, 0) is 61.0 Å². The summed E-state index contributed by atoms with van der Waals surface area (Å²) in [6, 6.07) is 11.1. The summed E-state index contributed by atoms with van der Waals surface area (Å²) in [5, 5.41) is 3.74. The molecule has 1 amide bonds. The minimum atomic E-state index is 0.246. The van der Waals surface area contributed by atoms with Crippen LogP contribution in [0.15, 0.2) is 30.3 Å². The van der Waals surface area contributed by atoms with Gasteiger partial charge in [-0.1, -0.05) is 58.2 Å². The average molecular weight is 369 g/mol. The van der Waals surface area contributed by atoms with Gasteiger partial charge in [-0.2, -0.15) is 0 Å². The van der Waals surface area contributed by atoms with E-state index in [0.717, 1.165) is 24.4 Å². The van der Waals surface area contributed by atoms with Crippen LogP contribution in [0.2, 0.25) is 0 Å². The predicted octanol–water partition coefficient (Wildman–Crippen LogP) is 5.16. The first-order chi connectivity index (χ1) is 12.9. The van der Waals surface area contributed by atoms with Crippen molar-refractivity contribution in [1.82, 2.24) is 5.32 Å². The molecule has 0 aromatic heterocycles. The van der Waals surface area contributed by atoms with Crippen molar-refractivity contribution in [2.75, 3.05) is 11.4 Å². The van der Waals surface area contributed by atoms with Crippen molar-refractivity contribution in [3.8, 4) is 0 Å². The Morgan fingerprint density at radius 2 is 1.78 bits per heavy atom. The molecule has 1 aromatic rings. The van der Waals surface area contributed by atoms with Crippen molar-refractivity contribution in [1.29, 1.82) is 0 Å². The van der Waals surface area contributed by atoms with Crippen molar-refractivity contribution < 1.29 is 4.79 Å². The van der Waals surface area contributed by atoms with Gasteiger partial charge in [0, 0.05) is 17.8 Å². The number of nitrogens with one attached hydrogen (secondary N) is 1. The summed E-state index contributed by atoms with van der Waals surface area (Å²) in [6.45, 7) is 7.70. The lowest BCUT2D eigenvalue weighted by molar-refractivity contribution is -0.118. The summed E-state index contributed by atoms with van der Waals surface area (Å²) in [5.74, 6) is 1.05. The van der Waals surface area contributed by atoms with Crippen LogP contribution in [-0.2, 0) is 4.79 Å². The van der Waals surface area contributed by atoms with Crippen LogP contribution in [0.25, 0.3) is 0 Å². The molecule has 3 aliphatic carbocycles. The van der Waals surface area contributed by atoms with Crippen LogP contribution in [0.4, 0.5) is 5.69 Å². The van der Waals surface area contributed by atoms with Crippen molar-refractivity contribution >= 4 is 11.6 Å². The molecule has 0 heterocycles. The number of carbonyl (C=O) groups excluding carboxylic acids is 1. The molecule has 3 atom stereocenters. The first kappa shape index (κ1) is 19.0. The van der Waals surface area contributed by atoms with Gasteiger partial charge in [0.2, 0.25) is 5.91 Å². The topological polar surface area (TPSA) is 32.3 Å². The van der Waals surface area contributed by atoms with E-state index in [9.17, 15) is 4.79 Å². The fraction of sp³-hybridized carbons (Fsp3) is 0.708. The van der Waals surface area contributed by atoms with Gasteiger partial charge >= 0.3 is 0 Å². The molecule has 3 heteroatoms. The Morgan fingerprint density at radius 3 is 2.41 bits per heavy atom. The Labute approximate surface area is 164 Å². The van der Waals surface area contributed by atoms with E-state index in [1.807, 2.05) is 18.2 Å². The lowest BCUT2D eigenvalue weighted by Gasteiger charge is -2.43. The highest BCUT2D eigenvalue weighted by Crippen LogP contribution is 2.62. The van der Waals surface area contributed by atoms with Crippen LogP contribution in [0.3, 0.4) is 0 Å². The summed E-state index contributed by atoms with van der Waals surface area (Å²) >= 11 is 0. The van der Waals surface area contributed by atoms with Gasteiger partial charge in [0.25, 0.3) is 0 Å². The highest BCUT2D eigenvalue weighted by Gasteiger charge is 2.59. The molecule has 0 spiro atoms. The zero-order valence-electron chi connectivity index (χ0n) is 17.3. The molecule has 148 valence electrons. The smallest absolute Gasteiger partial charge is 0.241 e. The zero-order valence-corrected chi connectivity index (χ0v) is 17.3. The van der Waals surface area contributed by atoms with E-state index in [0.29, 0.717) is 24.0 Å². The van der Waals surface area contributed by atoms with Crippen LogP contribution in [0.5, 0.6) is 0 Å². The number of rotatable bonds is 5. The molecule has 27 heavy (non-hydrogen) atoms. The molecule has 2 bridgehead atoms. The van der Waals surface area contributed by atoms with Gasteiger partial charge in [-0.3, -0.25) is 4.79 Å². The highest BCUT2D eigenvalue weighted by atomic mass is 16.2. The van der Waals surface area contributed by atoms with Crippen molar-refractivity contribution in [3.63, 3.8) is 0 Å². The third kappa shape index (κ3) is 3.44. The lowest BCUT2D eigenvalue weighted by Crippen LogP contribution is -2.54. The molecule has 3 fully saturated rings. The molecular formula is C24H36N2O. The van der Waals surface area contributed by atoms with E-state index < -0.39 is 0 Å². The molecule has 1 N–H and O–H groups in total. The van der Waals surface area contributed by atoms with Gasteiger partial charge in [0.1, 0.15) is 0 Å². The number of fused-ring (bicyclic) bond motifs is 2. The van der Waals surface area contributed by atoms with Crippen LogP contribution >= 0.6 is 0 Å². The summed E-state index contributed by atoms with van der Waals surface area (Å²) < 4.78 is 0. The molecule has 0 saturated heterocycles. The van der Waals surface area contributed by atoms with E-state index >= 15 is 0 Å². The minimum absolute atomic E-state index is 0.246. The number of para-hydroxylation sites is 1. The molecule has 3 aliphatic rings. The Bertz CT molecular complexity index is 659. The standard InChI is InChI=1S/C24H36N2O/c1-23(2)18-14-15-24(3,16-18)22(23)25-17-21(27)26(19-10-6-4-7-11-19)20-12-8-5-9-13-20/h4,6-7,10-11,18,20,22,25H,5,8-9,12-17H2,1-3H3/t18-,22+,24-/m0/s1. The molecule has 4 rings (SSSR count). The van der Waals surface area contributed by atoms with E-state index in [1.165, 1.54) is 38.5 Å². The zero-order chi connectivity index (χ0) is 19.1. The number of nitrogens with zero attached hydrogens (tertiary/aromatic N) is 1. The lowest BCUT2D eigenvalue weighted by atomic mass is 9.68. The second-order valence-corrected chi connectivity index (χ2v) is 10.1. The Balaban J connectivity index is 1.49. The fourth-order valence-electron chi connectivity index (χ4n) is 6.57. The number of benzene rings is 1. The number of anilines is 1. The Kier molecular flexibility index (Phi) is 5.09. The molecule has 0 aliphatic heterocycles. The van der Waals surface area contributed by atoms with Gasteiger partial charge in [-0.15, -0.1) is 0 Å². The Hall–Kier alpha value is -1.35. The van der Waals surface area contributed by atoms with Crippen LogP contribution in [-0.4, -0.2) is 24.5 Å². The monoisotopic (exact) mass is 368 g/mol. The van der Waals surface area contributed by atoms with Crippen LogP contribution in [0, 0.1) is 16.7 Å². The summed E-state index contributed by atoms with van der Waals surface area (Å²) in [7, 11) is 0. The fourth-order valence-corrected chi connectivity index (χ4v) is 6.57. The summed E-state index contributed by atoms with van der Waals surface area (Å²) in [6.07, 6.45) is 10.0. The van der Waals surface area contributed by atoms with E-state index in [-0.39, 0.29) is 11.3 Å². The van der Waals surface area contributed by atoms with Gasteiger partial charge in [-0.25, -0.2) is 0 Å². The SMILES string of the molecule is CC1(C)[C@H]2CC[C@@](C)(C2)[C@@H]1NCC(=O)N(c1ccccc1)C1CCCCC1. The molecule has 1 aromatic carbocycles. The number of hydrogen-bond acceptors (Lipinski definition) is 2. The predicted molar refractivity (Wildman–Crippen MR) is 112 cm³/mol. The molecule has 3 saturated carbocycles. The third-order valence-electron chi connectivity index (χ3n) is 7.97. The number of amides is 1.